The van der Waals surface area contributed by atoms with Gasteiger partial charge >= 0.3 is 5.97 Å². The van der Waals surface area contributed by atoms with Crippen molar-refractivity contribution in [2.24, 2.45) is 0 Å². The first-order valence-electron chi connectivity index (χ1n) is 11.6. The number of rotatable bonds is 3. The number of amides is 1. The molecule has 0 aromatic heterocycles. The number of phenolic OH excluding ortho intramolecular Hbond substituents is 4. The van der Waals surface area contributed by atoms with Crippen molar-refractivity contribution in [3.63, 3.8) is 0 Å². The Morgan fingerprint density at radius 3 is 1.95 bits per heavy atom. The second-order valence-electron chi connectivity index (χ2n) is 9.46. The fourth-order valence-electron chi connectivity index (χ4n) is 5.17. The molecular formula is C27H21NO11. The number of carbonyl (C=O) groups is 4. The van der Waals surface area contributed by atoms with Gasteiger partial charge in [-0.3, -0.25) is 19.2 Å². The number of aliphatic carboxylic acids is 1. The minimum Gasteiger partial charge on any atom is -0.508 e. The van der Waals surface area contributed by atoms with E-state index < -0.39 is 86.9 Å². The zero-order valence-electron chi connectivity index (χ0n) is 20.3. The molecule has 0 aliphatic heterocycles. The maximum atomic E-state index is 13.4. The molecule has 0 heterocycles. The molecule has 5 rings (SSSR count). The molecule has 0 spiro atoms. The highest BCUT2D eigenvalue weighted by Gasteiger charge is 2.43. The third kappa shape index (κ3) is 3.53. The number of aromatic hydroxyl groups is 4. The number of aliphatic hydroxyl groups excluding tert-OH is 2. The highest BCUT2D eigenvalue weighted by Crippen LogP contribution is 2.55. The predicted molar refractivity (Wildman–Crippen MR) is 131 cm³/mol. The third-order valence-electron chi connectivity index (χ3n) is 7.04. The van der Waals surface area contributed by atoms with Gasteiger partial charge in [0.15, 0.2) is 11.6 Å². The van der Waals surface area contributed by atoms with Crippen LogP contribution in [0.5, 0.6) is 23.0 Å². The van der Waals surface area contributed by atoms with Crippen LogP contribution in [0.3, 0.4) is 0 Å². The Bertz CT molecular complexity index is 1670. The van der Waals surface area contributed by atoms with Crippen molar-refractivity contribution >= 4 is 23.4 Å². The molecule has 200 valence electrons. The summed E-state index contributed by atoms with van der Waals surface area (Å²) in [5, 5.41) is 75.8. The molecule has 2 aliphatic carbocycles. The first kappa shape index (κ1) is 25.7. The van der Waals surface area contributed by atoms with E-state index in [0.717, 1.165) is 18.2 Å². The van der Waals surface area contributed by atoms with Gasteiger partial charge in [0.05, 0.1) is 16.7 Å². The van der Waals surface area contributed by atoms with Gasteiger partial charge in [0.25, 0.3) is 5.91 Å². The number of fused-ring (bicyclic) bond motifs is 5. The van der Waals surface area contributed by atoms with Crippen LogP contribution in [0.4, 0.5) is 0 Å². The molecule has 1 amide bonds. The Balaban J connectivity index is 1.80. The topological polar surface area (TPSA) is 222 Å². The summed E-state index contributed by atoms with van der Waals surface area (Å²) in [4.78, 5) is 50.8. The number of aliphatic hydroxyl groups is 2. The van der Waals surface area contributed by atoms with Gasteiger partial charge in [0.1, 0.15) is 41.2 Å². The second-order valence-corrected chi connectivity index (χ2v) is 9.46. The number of hydrogen-bond donors (Lipinski definition) is 8. The summed E-state index contributed by atoms with van der Waals surface area (Å²) < 4.78 is 0. The Kier molecular flexibility index (Phi) is 5.63. The van der Waals surface area contributed by atoms with Crippen LogP contribution in [0.15, 0.2) is 24.3 Å². The highest BCUT2D eigenvalue weighted by atomic mass is 16.4. The number of carboxylic acid groups (broad SMARTS) is 1. The van der Waals surface area contributed by atoms with Gasteiger partial charge in [-0.2, -0.15) is 0 Å². The summed E-state index contributed by atoms with van der Waals surface area (Å²) in [6, 6.07) is 2.78. The Morgan fingerprint density at radius 1 is 0.795 bits per heavy atom. The standard InChI is InChI=1S/C27H21NO11/c1-7-3-10-17(24(35)15(7)26(37)28-8(2)27(38)39)18-12(23(34)22(10)33)6-13-19(25(18)36)21(32)11-4-9(29)5-14(30)16(11)20(13)31/h3-6,8,22-23,29-30,33-36H,1-2H3,(H,28,37)(H,38,39)/t8?,22-,23-/m0/s1. The number of nitrogens with one attached hydrogen (secondary N) is 1. The van der Waals surface area contributed by atoms with Crippen LogP contribution in [0.2, 0.25) is 0 Å². The minimum absolute atomic E-state index is 0.103. The molecule has 12 nitrogen and oxygen atoms in total. The first-order valence-corrected chi connectivity index (χ1v) is 11.6. The second kappa shape index (κ2) is 8.55. The Hall–Kier alpha value is -4.94. The van der Waals surface area contributed by atoms with E-state index in [1.54, 1.807) is 0 Å². The van der Waals surface area contributed by atoms with Crippen LogP contribution in [-0.2, 0) is 4.79 Å². The molecule has 3 atom stereocenters. The van der Waals surface area contributed by atoms with Gasteiger partial charge in [0.2, 0.25) is 0 Å². The number of ketones is 2. The molecular weight excluding hydrogens is 514 g/mol. The molecule has 12 heteroatoms. The van der Waals surface area contributed by atoms with Crippen LogP contribution in [0.1, 0.15) is 78.0 Å². The van der Waals surface area contributed by atoms with Crippen LogP contribution >= 0.6 is 0 Å². The summed E-state index contributed by atoms with van der Waals surface area (Å²) in [5.41, 5.74) is -3.05. The van der Waals surface area contributed by atoms with Gasteiger partial charge in [-0.15, -0.1) is 0 Å². The van der Waals surface area contributed by atoms with Gasteiger partial charge in [-0.05, 0) is 42.7 Å². The van der Waals surface area contributed by atoms with E-state index in [1.807, 2.05) is 0 Å². The maximum Gasteiger partial charge on any atom is 0.325 e. The number of hydrogen-bond acceptors (Lipinski definition) is 10. The molecule has 8 N–H and O–H groups in total. The number of carboxylic acids is 1. The number of benzene rings is 3. The number of phenols is 4. The molecule has 3 aromatic rings. The van der Waals surface area contributed by atoms with Gasteiger partial charge < -0.3 is 41.1 Å². The predicted octanol–water partition coefficient (Wildman–Crippen LogP) is 1.54. The lowest BCUT2D eigenvalue weighted by Gasteiger charge is -2.33. The van der Waals surface area contributed by atoms with Crippen molar-refractivity contribution in [1.82, 2.24) is 5.32 Å². The summed E-state index contributed by atoms with van der Waals surface area (Å²) in [5.74, 6) is -7.00. The van der Waals surface area contributed by atoms with Crippen molar-refractivity contribution in [2.75, 3.05) is 0 Å². The van der Waals surface area contributed by atoms with Crippen molar-refractivity contribution in [3.05, 3.63) is 68.8 Å². The molecule has 0 radical (unpaired) electrons. The van der Waals surface area contributed by atoms with Gasteiger partial charge in [-0.1, -0.05) is 6.07 Å². The molecule has 0 fully saturated rings. The van der Waals surface area contributed by atoms with Gasteiger partial charge in [-0.25, -0.2) is 0 Å². The first-order chi connectivity index (χ1) is 18.3. The number of carbonyl (C=O) groups excluding carboxylic acids is 3. The largest absolute Gasteiger partial charge is 0.508 e. The average molecular weight is 535 g/mol. The van der Waals surface area contributed by atoms with E-state index in [-0.39, 0.29) is 33.4 Å². The van der Waals surface area contributed by atoms with E-state index >= 15 is 0 Å². The fourth-order valence-corrected chi connectivity index (χ4v) is 5.17. The molecule has 1 unspecified atom stereocenters. The van der Waals surface area contributed by atoms with Crippen LogP contribution in [-0.4, -0.2) is 65.2 Å². The van der Waals surface area contributed by atoms with E-state index in [1.165, 1.54) is 19.9 Å². The molecule has 3 aromatic carbocycles. The molecule has 0 bridgehead atoms. The van der Waals surface area contributed by atoms with Crippen LogP contribution < -0.4 is 5.32 Å². The molecule has 0 saturated carbocycles. The van der Waals surface area contributed by atoms with Crippen molar-refractivity contribution in [3.8, 4) is 34.1 Å². The van der Waals surface area contributed by atoms with Crippen LogP contribution in [0, 0.1) is 6.92 Å². The quantitative estimate of drug-likeness (QED) is 0.188. The molecule has 0 saturated heterocycles. The Labute approximate surface area is 219 Å². The monoisotopic (exact) mass is 535 g/mol. The van der Waals surface area contributed by atoms with E-state index in [0.29, 0.717) is 0 Å². The highest BCUT2D eigenvalue weighted by molar-refractivity contribution is 6.31. The fraction of sp³-hybridized carbons (Fsp3) is 0.185. The number of aryl methyl sites for hydroxylation is 1. The third-order valence-corrected chi connectivity index (χ3v) is 7.04. The normalized spacial score (nSPS) is 17.9. The lowest BCUT2D eigenvalue weighted by atomic mass is 9.74. The minimum atomic E-state index is -1.74. The van der Waals surface area contributed by atoms with Gasteiger partial charge in [0, 0.05) is 28.3 Å². The zero-order chi connectivity index (χ0) is 28.7. The van der Waals surface area contributed by atoms with E-state index in [4.69, 9.17) is 5.11 Å². The van der Waals surface area contributed by atoms with Crippen molar-refractivity contribution in [1.29, 1.82) is 0 Å². The summed E-state index contributed by atoms with van der Waals surface area (Å²) in [6.07, 6.45) is -3.44. The average Bonchev–Trinajstić information content (AvgIpc) is 2.85. The zero-order valence-corrected chi connectivity index (χ0v) is 20.3. The lowest BCUT2D eigenvalue weighted by Crippen LogP contribution is -2.38. The van der Waals surface area contributed by atoms with E-state index in [2.05, 4.69) is 5.32 Å². The SMILES string of the molecule is Cc1cc2c(c(O)c1C(=O)NC(C)C(=O)O)-c1c(cc3c(c1O)C(=O)c1cc(O)cc(O)c1C3=O)[C@H](O)[C@H]2O. The maximum absolute atomic E-state index is 13.4. The van der Waals surface area contributed by atoms with Crippen LogP contribution in [0.25, 0.3) is 11.1 Å². The van der Waals surface area contributed by atoms with E-state index in [9.17, 15) is 49.8 Å². The summed E-state index contributed by atoms with van der Waals surface area (Å²) in [7, 11) is 0. The summed E-state index contributed by atoms with van der Waals surface area (Å²) in [6.45, 7) is 2.61. The van der Waals surface area contributed by atoms with Crippen molar-refractivity contribution < 1.29 is 54.9 Å². The molecule has 39 heavy (non-hydrogen) atoms. The lowest BCUT2D eigenvalue weighted by molar-refractivity contribution is -0.138. The molecule has 2 aliphatic rings. The summed E-state index contributed by atoms with van der Waals surface area (Å²) >= 11 is 0. The van der Waals surface area contributed by atoms with Crippen molar-refractivity contribution in [2.45, 2.75) is 32.1 Å². The smallest absolute Gasteiger partial charge is 0.325 e. The Morgan fingerprint density at radius 2 is 1.33 bits per heavy atom.